The molecule has 4 rings (SSSR count). The predicted octanol–water partition coefficient (Wildman–Crippen LogP) is 3.54. The van der Waals surface area contributed by atoms with Crippen molar-refractivity contribution in [3.05, 3.63) is 63.7 Å². The molecule has 2 aliphatic rings. The monoisotopic (exact) mass is 325 g/mol. The van der Waals surface area contributed by atoms with Gasteiger partial charge in [-0.2, -0.15) is 0 Å². The van der Waals surface area contributed by atoms with Crippen LogP contribution in [0.1, 0.15) is 22.3 Å². The van der Waals surface area contributed by atoms with Crippen LogP contribution in [0.2, 0.25) is 5.02 Å². The van der Waals surface area contributed by atoms with E-state index in [0.717, 1.165) is 49.1 Å². The number of aryl methyl sites for hydroxylation is 1. The molecular weight excluding hydrogens is 306 g/mol. The molecule has 23 heavy (non-hydrogen) atoms. The molecule has 0 atom stereocenters. The summed E-state index contributed by atoms with van der Waals surface area (Å²) in [6.07, 6.45) is 0.910. The Morgan fingerprint density at radius 2 is 1.96 bits per heavy atom. The van der Waals surface area contributed by atoms with Crippen LogP contribution < -0.4 is 5.32 Å². The molecule has 118 valence electrons. The van der Waals surface area contributed by atoms with Crippen molar-refractivity contribution in [1.29, 1.82) is 0 Å². The van der Waals surface area contributed by atoms with Crippen molar-refractivity contribution in [1.82, 2.24) is 10.2 Å². The van der Waals surface area contributed by atoms with Crippen molar-refractivity contribution < 1.29 is 0 Å². The van der Waals surface area contributed by atoms with Crippen LogP contribution in [0.15, 0.2) is 41.4 Å². The highest BCUT2D eigenvalue weighted by Crippen LogP contribution is 2.33. The second kappa shape index (κ2) is 5.99. The zero-order chi connectivity index (χ0) is 15.8. The number of amidine groups is 1. The molecule has 1 saturated heterocycles. The number of hydrogen-bond donors (Lipinski definition) is 1. The molecule has 0 aliphatic carbocycles. The molecule has 2 aliphatic heterocycles. The Hall–Kier alpha value is -1.84. The largest absolute Gasteiger partial charge is 0.354 e. The fraction of sp³-hybridized carbons (Fsp3) is 0.316. The van der Waals surface area contributed by atoms with Gasteiger partial charge < -0.3 is 10.2 Å². The van der Waals surface area contributed by atoms with Gasteiger partial charge in [0.25, 0.3) is 0 Å². The van der Waals surface area contributed by atoms with E-state index in [1.165, 1.54) is 22.3 Å². The lowest BCUT2D eigenvalue weighted by Crippen LogP contribution is -2.46. The quantitative estimate of drug-likeness (QED) is 0.802. The first kappa shape index (κ1) is 14.7. The van der Waals surface area contributed by atoms with Gasteiger partial charge in [0, 0.05) is 43.2 Å². The van der Waals surface area contributed by atoms with Crippen LogP contribution in [0.25, 0.3) is 0 Å². The number of halogens is 1. The Balaban J connectivity index is 1.91. The summed E-state index contributed by atoms with van der Waals surface area (Å²) in [6, 6.07) is 12.6. The van der Waals surface area contributed by atoms with Gasteiger partial charge in [-0.3, -0.25) is 0 Å². The first-order valence-electron chi connectivity index (χ1n) is 8.14. The van der Waals surface area contributed by atoms with E-state index in [2.05, 4.69) is 41.4 Å². The van der Waals surface area contributed by atoms with Crippen LogP contribution in [-0.4, -0.2) is 36.9 Å². The second-order valence-electron chi connectivity index (χ2n) is 6.22. The van der Waals surface area contributed by atoms with Crippen LogP contribution in [0.4, 0.5) is 5.69 Å². The van der Waals surface area contributed by atoms with Crippen molar-refractivity contribution in [3.8, 4) is 0 Å². The number of fused-ring (bicyclic) bond motifs is 2. The van der Waals surface area contributed by atoms with Gasteiger partial charge in [-0.05, 0) is 35.7 Å². The fourth-order valence-electron chi connectivity index (χ4n) is 3.42. The number of piperazine rings is 1. The van der Waals surface area contributed by atoms with E-state index in [-0.39, 0.29) is 0 Å². The average Bonchev–Trinajstić information content (AvgIpc) is 2.73. The molecule has 0 amide bonds. The molecular formula is C19H20ClN3. The number of rotatable bonds is 0. The van der Waals surface area contributed by atoms with E-state index >= 15 is 0 Å². The van der Waals surface area contributed by atoms with E-state index in [1.807, 2.05) is 12.1 Å². The Labute approximate surface area is 142 Å². The Kier molecular flexibility index (Phi) is 3.83. The van der Waals surface area contributed by atoms with Gasteiger partial charge in [-0.25, -0.2) is 4.99 Å². The van der Waals surface area contributed by atoms with E-state index in [0.29, 0.717) is 0 Å². The van der Waals surface area contributed by atoms with Gasteiger partial charge in [-0.1, -0.05) is 35.9 Å². The van der Waals surface area contributed by atoms with Gasteiger partial charge in [-0.15, -0.1) is 0 Å². The maximum Gasteiger partial charge on any atom is 0.136 e. The highest BCUT2D eigenvalue weighted by atomic mass is 35.5. The van der Waals surface area contributed by atoms with Crippen LogP contribution in [-0.2, 0) is 6.42 Å². The molecule has 2 aromatic rings. The van der Waals surface area contributed by atoms with Crippen molar-refractivity contribution in [3.63, 3.8) is 0 Å². The predicted molar refractivity (Wildman–Crippen MR) is 96.1 cm³/mol. The smallest absolute Gasteiger partial charge is 0.136 e. The third-order valence-corrected chi connectivity index (χ3v) is 4.94. The van der Waals surface area contributed by atoms with Gasteiger partial charge in [0.1, 0.15) is 5.84 Å². The lowest BCUT2D eigenvalue weighted by molar-refractivity contribution is 0.358. The van der Waals surface area contributed by atoms with Gasteiger partial charge >= 0.3 is 0 Å². The fourth-order valence-corrected chi connectivity index (χ4v) is 3.59. The number of hydrogen-bond acceptors (Lipinski definition) is 3. The zero-order valence-electron chi connectivity index (χ0n) is 13.3. The third kappa shape index (κ3) is 2.75. The van der Waals surface area contributed by atoms with Crippen molar-refractivity contribution in [2.45, 2.75) is 13.3 Å². The minimum absolute atomic E-state index is 0.745. The van der Waals surface area contributed by atoms with Crippen LogP contribution in [0.3, 0.4) is 0 Å². The Morgan fingerprint density at radius 1 is 1.13 bits per heavy atom. The van der Waals surface area contributed by atoms with Crippen molar-refractivity contribution in [2.75, 3.05) is 26.2 Å². The number of nitrogens with one attached hydrogen (secondary N) is 1. The molecule has 3 nitrogen and oxygen atoms in total. The molecule has 2 aromatic carbocycles. The molecule has 0 unspecified atom stereocenters. The highest BCUT2D eigenvalue weighted by molar-refractivity contribution is 6.30. The van der Waals surface area contributed by atoms with Gasteiger partial charge in [0.15, 0.2) is 0 Å². The van der Waals surface area contributed by atoms with Crippen LogP contribution >= 0.6 is 11.6 Å². The minimum atomic E-state index is 0.745. The number of aliphatic imine (C=N–C) groups is 1. The summed E-state index contributed by atoms with van der Waals surface area (Å²) in [5, 5.41) is 4.16. The lowest BCUT2D eigenvalue weighted by Gasteiger charge is -2.31. The topological polar surface area (TPSA) is 27.6 Å². The second-order valence-corrected chi connectivity index (χ2v) is 6.66. The maximum absolute atomic E-state index is 6.21. The SMILES string of the molecule is Cc1cccc2c1Cc1ccc(Cl)cc1N=C2N1CCNCC1. The summed E-state index contributed by atoms with van der Waals surface area (Å²) in [5.41, 5.74) is 6.22. The summed E-state index contributed by atoms with van der Waals surface area (Å²) < 4.78 is 0. The summed E-state index contributed by atoms with van der Waals surface area (Å²) in [5.74, 6) is 1.09. The summed E-state index contributed by atoms with van der Waals surface area (Å²) in [4.78, 5) is 7.43. The molecule has 0 aromatic heterocycles. The highest BCUT2D eigenvalue weighted by Gasteiger charge is 2.23. The molecule has 0 bridgehead atoms. The van der Waals surface area contributed by atoms with E-state index in [9.17, 15) is 0 Å². The Bertz CT molecular complexity index is 776. The average molecular weight is 326 g/mol. The van der Waals surface area contributed by atoms with Gasteiger partial charge in [0.2, 0.25) is 0 Å². The minimum Gasteiger partial charge on any atom is -0.354 e. The van der Waals surface area contributed by atoms with Crippen LogP contribution in [0.5, 0.6) is 0 Å². The van der Waals surface area contributed by atoms with Crippen molar-refractivity contribution in [2.24, 2.45) is 4.99 Å². The summed E-state index contributed by atoms with van der Waals surface area (Å²) >= 11 is 6.21. The molecule has 1 fully saturated rings. The molecule has 2 heterocycles. The molecule has 0 saturated carbocycles. The molecule has 0 radical (unpaired) electrons. The lowest BCUT2D eigenvalue weighted by atomic mass is 9.95. The first-order valence-corrected chi connectivity index (χ1v) is 8.52. The van der Waals surface area contributed by atoms with Crippen LogP contribution in [0, 0.1) is 6.92 Å². The summed E-state index contributed by atoms with van der Waals surface area (Å²) in [7, 11) is 0. The van der Waals surface area contributed by atoms with Crippen molar-refractivity contribution >= 4 is 23.1 Å². The van der Waals surface area contributed by atoms with Gasteiger partial charge in [0.05, 0.1) is 5.69 Å². The number of benzene rings is 2. The normalized spacial score (nSPS) is 17.1. The summed E-state index contributed by atoms with van der Waals surface area (Å²) in [6.45, 7) is 6.17. The number of nitrogens with zero attached hydrogens (tertiary/aromatic N) is 2. The van der Waals surface area contributed by atoms with E-state index in [1.54, 1.807) is 0 Å². The molecule has 0 spiro atoms. The molecule has 4 heteroatoms. The third-order valence-electron chi connectivity index (χ3n) is 4.71. The standard InChI is InChI=1S/C19H20ClN3/c1-13-3-2-4-16-17(13)11-14-5-6-15(20)12-18(14)22-19(16)23-9-7-21-8-10-23/h2-6,12,21H,7-11H2,1H3. The van der Waals surface area contributed by atoms with E-state index in [4.69, 9.17) is 16.6 Å². The molecule has 1 N–H and O–H groups in total. The Morgan fingerprint density at radius 3 is 2.78 bits per heavy atom. The zero-order valence-corrected chi connectivity index (χ0v) is 14.0. The van der Waals surface area contributed by atoms with E-state index < -0.39 is 0 Å². The first-order chi connectivity index (χ1) is 11.2. The maximum atomic E-state index is 6.21.